The summed E-state index contributed by atoms with van der Waals surface area (Å²) in [5, 5.41) is 4.61. The molecule has 3 heterocycles. The molecule has 0 aliphatic carbocycles. The lowest BCUT2D eigenvalue weighted by molar-refractivity contribution is 0.442. The molecule has 0 aliphatic rings. The van der Waals surface area contributed by atoms with Crippen LogP contribution in [-0.4, -0.2) is 23.5 Å². The zero-order chi connectivity index (χ0) is 15.7. The molecule has 0 atom stereocenters. The topological polar surface area (TPSA) is 98.0 Å². The number of pyridine rings is 2. The van der Waals surface area contributed by atoms with E-state index in [0.29, 0.717) is 27.6 Å². The van der Waals surface area contributed by atoms with Crippen LogP contribution in [-0.2, 0) is 16.6 Å². The first-order valence-electron chi connectivity index (χ1n) is 6.29. The minimum atomic E-state index is -3.72. The molecule has 0 unspecified atom stereocenters. The first kappa shape index (κ1) is 14.9. The number of hydrogen-bond acceptors (Lipinski definition) is 6. The van der Waals surface area contributed by atoms with Crippen molar-refractivity contribution in [3.05, 3.63) is 47.0 Å². The van der Waals surface area contributed by atoms with Crippen LogP contribution in [0.15, 0.2) is 39.9 Å². The fourth-order valence-corrected chi connectivity index (χ4v) is 3.02. The van der Waals surface area contributed by atoms with Crippen molar-refractivity contribution >= 4 is 32.7 Å². The lowest BCUT2D eigenvalue weighted by Gasteiger charge is -2.06. The van der Waals surface area contributed by atoms with Gasteiger partial charge in [0.25, 0.3) is 5.71 Å². The molecule has 0 fully saturated rings. The second-order valence-electron chi connectivity index (χ2n) is 4.57. The number of sulfonamides is 1. The van der Waals surface area contributed by atoms with Gasteiger partial charge in [0.1, 0.15) is 10.0 Å². The first-order valence-corrected chi connectivity index (χ1v) is 8.15. The highest BCUT2D eigenvalue weighted by molar-refractivity contribution is 7.89. The van der Waals surface area contributed by atoms with Crippen molar-refractivity contribution in [2.45, 2.75) is 18.4 Å². The van der Waals surface area contributed by atoms with Crippen LogP contribution < -0.4 is 4.72 Å². The van der Waals surface area contributed by atoms with E-state index in [1.54, 1.807) is 25.1 Å². The van der Waals surface area contributed by atoms with Gasteiger partial charge in [-0.25, -0.2) is 23.1 Å². The maximum absolute atomic E-state index is 12.3. The standard InChI is InChI=1S/C13H11ClN4O3S/c1-8-11-5-10(7-15-13(11)21-18-8)22(19,20)16-6-9-3-2-4-12(14)17-9/h2-5,7,16H,6H2,1H3. The third kappa shape index (κ3) is 2.94. The predicted molar refractivity (Wildman–Crippen MR) is 79.8 cm³/mol. The lowest BCUT2D eigenvalue weighted by atomic mass is 10.3. The summed E-state index contributed by atoms with van der Waals surface area (Å²) in [6.45, 7) is 1.75. The van der Waals surface area contributed by atoms with Gasteiger partial charge in [-0.1, -0.05) is 22.8 Å². The monoisotopic (exact) mass is 338 g/mol. The van der Waals surface area contributed by atoms with Crippen LogP contribution in [0.25, 0.3) is 11.1 Å². The summed E-state index contributed by atoms with van der Waals surface area (Å²) in [5.41, 5.74) is 1.40. The third-order valence-electron chi connectivity index (χ3n) is 3.01. The molecule has 22 heavy (non-hydrogen) atoms. The molecule has 0 bridgehead atoms. The first-order chi connectivity index (χ1) is 10.5. The van der Waals surface area contributed by atoms with Crippen LogP contribution in [0.3, 0.4) is 0 Å². The van der Waals surface area contributed by atoms with Crippen molar-refractivity contribution in [1.82, 2.24) is 19.8 Å². The number of aryl methyl sites for hydroxylation is 1. The third-order valence-corrected chi connectivity index (χ3v) is 4.59. The molecule has 0 amide bonds. The highest BCUT2D eigenvalue weighted by atomic mass is 35.5. The summed E-state index contributed by atoms with van der Waals surface area (Å²) in [5.74, 6) is 0. The number of aromatic nitrogens is 3. The number of rotatable bonds is 4. The fourth-order valence-electron chi connectivity index (χ4n) is 1.87. The van der Waals surface area contributed by atoms with Gasteiger partial charge in [0.2, 0.25) is 10.0 Å². The van der Waals surface area contributed by atoms with Gasteiger partial charge in [-0.05, 0) is 25.1 Å². The minimum Gasteiger partial charge on any atom is -0.336 e. The van der Waals surface area contributed by atoms with Crippen molar-refractivity contribution in [3.8, 4) is 0 Å². The summed E-state index contributed by atoms with van der Waals surface area (Å²) < 4.78 is 32.0. The predicted octanol–water partition coefficient (Wildman–Crippen LogP) is 2.06. The van der Waals surface area contributed by atoms with Gasteiger partial charge < -0.3 is 4.52 Å². The van der Waals surface area contributed by atoms with E-state index in [-0.39, 0.29) is 11.4 Å². The zero-order valence-electron chi connectivity index (χ0n) is 11.4. The van der Waals surface area contributed by atoms with Crippen molar-refractivity contribution in [2.75, 3.05) is 0 Å². The van der Waals surface area contributed by atoms with Crippen molar-refractivity contribution in [3.63, 3.8) is 0 Å². The molecule has 1 N–H and O–H groups in total. The molecular formula is C13H11ClN4O3S. The van der Waals surface area contributed by atoms with Crippen LogP contribution >= 0.6 is 11.6 Å². The molecule has 3 rings (SSSR count). The Labute approximate surface area is 131 Å². The van der Waals surface area contributed by atoms with Gasteiger partial charge in [-0.2, -0.15) is 0 Å². The Kier molecular flexibility index (Phi) is 3.81. The molecule has 0 aliphatic heterocycles. The molecule has 0 saturated heterocycles. The normalized spacial score (nSPS) is 11.9. The largest absolute Gasteiger partial charge is 0.336 e. The van der Waals surface area contributed by atoms with Crippen LogP contribution in [0.2, 0.25) is 5.15 Å². The molecule has 0 saturated carbocycles. The van der Waals surface area contributed by atoms with Crippen molar-refractivity contribution in [1.29, 1.82) is 0 Å². The summed E-state index contributed by atoms with van der Waals surface area (Å²) in [6, 6.07) is 6.47. The molecule has 0 aromatic carbocycles. The zero-order valence-corrected chi connectivity index (χ0v) is 13.0. The maximum atomic E-state index is 12.3. The average Bonchev–Trinajstić information content (AvgIpc) is 2.86. The van der Waals surface area contributed by atoms with E-state index in [1.807, 2.05) is 0 Å². The highest BCUT2D eigenvalue weighted by Crippen LogP contribution is 2.19. The highest BCUT2D eigenvalue weighted by Gasteiger charge is 2.17. The number of halogens is 1. The van der Waals surface area contributed by atoms with Gasteiger partial charge in [-0.3, -0.25) is 0 Å². The summed E-state index contributed by atoms with van der Waals surface area (Å²) in [7, 11) is -3.72. The van der Waals surface area contributed by atoms with E-state index in [9.17, 15) is 8.42 Å². The summed E-state index contributed by atoms with van der Waals surface area (Å²) in [6.07, 6.45) is 1.22. The molecule has 3 aromatic rings. The van der Waals surface area contributed by atoms with Crippen molar-refractivity contribution in [2.24, 2.45) is 0 Å². The lowest BCUT2D eigenvalue weighted by Crippen LogP contribution is -2.23. The van der Waals surface area contributed by atoms with Gasteiger partial charge in [0.15, 0.2) is 0 Å². The van der Waals surface area contributed by atoms with E-state index in [0.717, 1.165) is 0 Å². The SMILES string of the molecule is Cc1noc2ncc(S(=O)(=O)NCc3cccc(Cl)n3)cc12. The van der Waals surface area contributed by atoms with Gasteiger partial charge in [0, 0.05) is 0 Å². The molecule has 114 valence electrons. The molecule has 9 heteroatoms. The number of fused-ring (bicyclic) bond motifs is 1. The second-order valence-corrected chi connectivity index (χ2v) is 6.72. The van der Waals surface area contributed by atoms with E-state index < -0.39 is 10.0 Å². The number of nitrogens with one attached hydrogen (secondary N) is 1. The van der Waals surface area contributed by atoms with Crippen LogP contribution in [0.5, 0.6) is 0 Å². The fraction of sp³-hybridized carbons (Fsp3) is 0.154. The van der Waals surface area contributed by atoms with E-state index >= 15 is 0 Å². The Bertz CT molecular complexity index is 939. The van der Waals surface area contributed by atoms with Crippen LogP contribution in [0, 0.1) is 6.92 Å². The molecule has 0 spiro atoms. The number of nitrogens with zero attached hydrogens (tertiary/aromatic N) is 3. The quantitative estimate of drug-likeness (QED) is 0.731. The summed E-state index contributed by atoms with van der Waals surface area (Å²) >= 11 is 5.77. The van der Waals surface area contributed by atoms with Crippen molar-refractivity contribution < 1.29 is 12.9 Å². The molecular weight excluding hydrogens is 328 g/mol. The van der Waals surface area contributed by atoms with E-state index in [1.165, 1.54) is 12.3 Å². The maximum Gasteiger partial charge on any atom is 0.257 e. The Hall–Kier alpha value is -2.03. The van der Waals surface area contributed by atoms with E-state index in [4.69, 9.17) is 16.1 Å². The van der Waals surface area contributed by atoms with Gasteiger partial charge in [-0.15, -0.1) is 0 Å². The van der Waals surface area contributed by atoms with Crippen LogP contribution in [0.4, 0.5) is 0 Å². The van der Waals surface area contributed by atoms with Crippen LogP contribution in [0.1, 0.15) is 11.4 Å². The Morgan fingerprint density at radius 2 is 2.18 bits per heavy atom. The molecule has 3 aromatic heterocycles. The van der Waals surface area contributed by atoms with Gasteiger partial charge >= 0.3 is 0 Å². The second kappa shape index (κ2) is 5.64. The smallest absolute Gasteiger partial charge is 0.257 e. The number of hydrogen-bond donors (Lipinski definition) is 1. The Morgan fingerprint density at radius 3 is 2.95 bits per heavy atom. The Morgan fingerprint density at radius 1 is 1.36 bits per heavy atom. The molecule has 0 radical (unpaired) electrons. The molecule has 7 nitrogen and oxygen atoms in total. The Balaban J connectivity index is 1.86. The minimum absolute atomic E-state index is 0.0313. The van der Waals surface area contributed by atoms with Gasteiger partial charge in [0.05, 0.1) is 29.5 Å². The summed E-state index contributed by atoms with van der Waals surface area (Å²) in [4.78, 5) is 8.01. The average molecular weight is 339 g/mol. The van der Waals surface area contributed by atoms with E-state index in [2.05, 4.69) is 19.8 Å².